The summed E-state index contributed by atoms with van der Waals surface area (Å²) in [5.41, 5.74) is 0.193. The summed E-state index contributed by atoms with van der Waals surface area (Å²) in [6, 6.07) is 9.15. The van der Waals surface area contributed by atoms with E-state index in [1.807, 2.05) is 0 Å². The molecular formula is C17H16F3NO2. The maximum absolute atomic E-state index is 13.5. The Balaban J connectivity index is 1.84. The summed E-state index contributed by atoms with van der Waals surface area (Å²) >= 11 is 0. The Morgan fingerprint density at radius 3 is 2.39 bits per heavy atom. The number of aliphatic hydroxyl groups is 1. The van der Waals surface area contributed by atoms with Crippen molar-refractivity contribution >= 4 is 5.91 Å². The molecule has 0 radical (unpaired) electrons. The van der Waals surface area contributed by atoms with Crippen LogP contribution < -0.4 is 5.32 Å². The number of aryl methyl sites for hydroxylation is 1. The SMILES string of the molecule is O=C(CCc1cccc(F)c1)NCC(O)c1c(F)cccc1F. The third-order valence-corrected chi connectivity index (χ3v) is 3.36. The number of rotatable bonds is 6. The molecular weight excluding hydrogens is 307 g/mol. The zero-order valence-electron chi connectivity index (χ0n) is 12.2. The molecule has 6 heteroatoms. The van der Waals surface area contributed by atoms with Crippen LogP contribution in [0.5, 0.6) is 0 Å². The van der Waals surface area contributed by atoms with Gasteiger partial charge in [0.05, 0.1) is 5.56 Å². The van der Waals surface area contributed by atoms with E-state index in [4.69, 9.17) is 0 Å². The van der Waals surface area contributed by atoms with Crippen molar-refractivity contribution in [1.29, 1.82) is 0 Å². The second-order valence-electron chi connectivity index (χ2n) is 5.09. The largest absolute Gasteiger partial charge is 0.386 e. The lowest BCUT2D eigenvalue weighted by Crippen LogP contribution is -2.29. The van der Waals surface area contributed by atoms with Crippen molar-refractivity contribution in [3.63, 3.8) is 0 Å². The van der Waals surface area contributed by atoms with Crippen molar-refractivity contribution in [1.82, 2.24) is 5.32 Å². The van der Waals surface area contributed by atoms with Gasteiger partial charge in [-0.1, -0.05) is 18.2 Å². The van der Waals surface area contributed by atoms with Crippen molar-refractivity contribution < 1.29 is 23.1 Å². The van der Waals surface area contributed by atoms with Gasteiger partial charge in [0.25, 0.3) is 0 Å². The Bertz CT molecular complexity index is 671. The van der Waals surface area contributed by atoms with E-state index in [1.54, 1.807) is 12.1 Å². The molecule has 0 fully saturated rings. The maximum Gasteiger partial charge on any atom is 0.220 e. The normalized spacial score (nSPS) is 12.0. The predicted octanol–water partition coefficient (Wildman–Crippen LogP) is 2.89. The molecule has 122 valence electrons. The highest BCUT2D eigenvalue weighted by atomic mass is 19.1. The van der Waals surface area contributed by atoms with Gasteiger partial charge in [-0.2, -0.15) is 0 Å². The van der Waals surface area contributed by atoms with Gasteiger partial charge in [0.1, 0.15) is 23.6 Å². The number of aliphatic hydroxyl groups excluding tert-OH is 1. The molecule has 0 bridgehead atoms. The lowest BCUT2D eigenvalue weighted by molar-refractivity contribution is -0.121. The number of hydrogen-bond donors (Lipinski definition) is 2. The molecule has 1 amide bonds. The molecule has 0 saturated carbocycles. The molecule has 2 aromatic rings. The van der Waals surface area contributed by atoms with Gasteiger partial charge in [-0.25, -0.2) is 13.2 Å². The Labute approximate surface area is 131 Å². The van der Waals surface area contributed by atoms with E-state index < -0.39 is 29.2 Å². The number of hydrogen-bond acceptors (Lipinski definition) is 2. The van der Waals surface area contributed by atoms with Crippen LogP contribution in [0.25, 0.3) is 0 Å². The minimum absolute atomic E-state index is 0.0793. The van der Waals surface area contributed by atoms with Crippen molar-refractivity contribution in [2.75, 3.05) is 6.54 Å². The predicted molar refractivity (Wildman–Crippen MR) is 79.0 cm³/mol. The molecule has 0 aromatic heterocycles. The van der Waals surface area contributed by atoms with E-state index in [2.05, 4.69) is 5.32 Å². The molecule has 0 saturated heterocycles. The monoisotopic (exact) mass is 323 g/mol. The first-order valence-electron chi connectivity index (χ1n) is 7.10. The summed E-state index contributed by atoms with van der Waals surface area (Å²) in [7, 11) is 0. The minimum Gasteiger partial charge on any atom is -0.386 e. The van der Waals surface area contributed by atoms with Crippen LogP contribution in [-0.2, 0) is 11.2 Å². The standard InChI is InChI=1S/C17H16F3NO2/c18-12-4-1-3-11(9-12)7-8-16(23)21-10-15(22)17-13(19)5-2-6-14(17)20/h1-6,9,15,22H,7-8,10H2,(H,21,23). The Morgan fingerprint density at radius 1 is 1.09 bits per heavy atom. The smallest absolute Gasteiger partial charge is 0.220 e. The molecule has 2 rings (SSSR count). The molecule has 0 aliphatic carbocycles. The van der Waals surface area contributed by atoms with Gasteiger partial charge in [0.2, 0.25) is 5.91 Å². The molecule has 0 spiro atoms. The molecule has 1 unspecified atom stereocenters. The molecule has 0 heterocycles. The molecule has 0 aliphatic rings. The minimum atomic E-state index is -1.48. The summed E-state index contributed by atoms with van der Waals surface area (Å²) in [5.74, 6) is -2.52. The van der Waals surface area contributed by atoms with Gasteiger partial charge in [-0.15, -0.1) is 0 Å². The van der Waals surface area contributed by atoms with Crippen molar-refractivity contribution in [2.45, 2.75) is 18.9 Å². The zero-order valence-corrected chi connectivity index (χ0v) is 12.2. The maximum atomic E-state index is 13.5. The number of amides is 1. The third kappa shape index (κ3) is 4.82. The fourth-order valence-corrected chi connectivity index (χ4v) is 2.18. The summed E-state index contributed by atoms with van der Waals surface area (Å²) in [6.45, 7) is -0.306. The number of carbonyl (C=O) groups excluding carboxylic acids is 1. The molecule has 2 N–H and O–H groups in total. The molecule has 3 nitrogen and oxygen atoms in total. The summed E-state index contributed by atoms with van der Waals surface area (Å²) < 4.78 is 40.0. The Hall–Kier alpha value is -2.34. The van der Waals surface area contributed by atoms with Gasteiger partial charge < -0.3 is 10.4 Å². The second-order valence-corrected chi connectivity index (χ2v) is 5.09. The Kier molecular flexibility index (Phi) is 5.76. The van der Waals surface area contributed by atoms with Crippen LogP contribution in [-0.4, -0.2) is 17.6 Å². The first kappa shape index (κ1) is 17.0. The first-order valence-corrected chi connectivity index (χ1v) is 7.10. The van der Waals surface area contributed by atoms with Gasteiger partial charge in [0.15, 0.2) is 0 Å². The van der Waals surface area contributed by atoms with Crippen LogP contribution in [0.4, 0.5) is 13.2 Å². The zero-order chi connectivity index (χ0) is 16.8. The fourth-order valence-electron chi connectivity index (χ4n) is 2.18. The van der Waals surface area contributed by atoms with Crippen LogP contribution in [0.3, 0.4) is 0 Å². The van der Waals surface area contributed by atoms with E-state index >= 15 is 0 Å². The van der Waals surface area contributed by atoms with Crippen LogP contribution in [0.2, 0.25) is 0 Å². The van der Waals surface area contributed by atoms with Crippen LogP contribution in [0.1, 0.15) is 23.7 Å². The highest BCUT2D eigenvalue weighted by Crippen LogP contribution is 2.19. The van der Waals surface area contributed by atoms with E-state index in [0.717, 1.165) is 12.1 Å². The summed E-state index contributed by atoms with van der Waals surface area (Å²) in [6.07, 6.45) is -1.07. The number of halogens is 3. The lowest BCUT2D eigenvalue weighted by Gasteiger charge is -2.14. The van der Waals surface area contributed by atoms with E-state index in [9.17, 15) is 23.1 Å². The average molecular weight is 323 g/mol. The van der Waals surface area contributed by atoms with E-state index in [-0.39, 0.29) is 18.8 Å². The molecule has 1 atom stereocenters. The molecule has 0 aliphatic heterocycles. The van der Waals surface area contributed by atoms with Crippen LogP contribution in [0.15, 0.2) is 42.5 Å². The average Bonchev–Trinajstić information content (AvgIpc) is 2.51. The highest BCUT2D eigenvalue weighted by molar-refractivity contribution is 5.76. The lowest BCUT2D eigenvalue weighted by atomic mass is 10.1. The molecule has 2 aromatic carbocycles. The van der Waals surface area contributed by atoms with Crippen molar-refractivity contribution in [3.8, 4) is 0 Å². The summed E-state index contributed by atoms with van der Waals surface area (Å²) in [5, 5.41) is 12.2. The highest BCUT2D eigenvalue weighted by Gasteiger charge is 2.18. The molecule has 23 heavy (non-hydrogen) atoms. The number of benzene rings is 2. The number of carbonyl (C=O) groups is 1. The van der Waals surface area contributed by atoms with E-state index in [0.29, 0.717) is 12.0 Å². The van der Waals surface area contributed by atoms with Crippen molar-refractivity contribution in [2.24, 2.45) is 0 Å². The van der Waals surface area contributed by atoms with Crippen LogP contribution in [0, 0.1) is 17.5 Å². The van der Waals surface area contributed by atoms with Crippen molar-refractivity contribution in [3.05, 3.63) is 71.0 Å². The van der Waals surface area contributed by atoms with Gasteiger partial charge in [-0.05, 0) is 36.2 Å². The third-order valence-electron chi connectivity index (χ3n) is 3.36. The second kappa shape index (κ2) is 7.78. The topological polar surface area (TPSA) is 49.3 Å². The van der Waals surface area contributed by atoms with Gasteiger partial charge in [0, 0.05) is 13.0 Å². The van der Waals surface area contributed by atoms with Gasteiger partial charge >= 0.3 is 0 Å². The fraction of sp³-hybridized carbons (Fsp3) is 0.235. The van der Waals surface area contributed by atoms with Gasteiger partial charge in [-0.3, -0.25) is 4.79 Å². The first-order chi connectivity index (χ1) is 11.0. The Morgan fingerprint density at radius 2 is 1.74 bits per heavy atom. The van der Waals surface area contributed by atoms with Crippen LogP contribution >= 0.6 is 0 Å². The summed E-state index contributed by atoms with van der Waals surface area (Å²) in [4.78, 5) is 11.7. The quantitative estimate of drug-likeness (QED) is 0.859. The van der Waals surface area contributed by atoms with E-state index in [1.165, 1.54) is 18.2 Å². The number of nitrogens with one attached hydrogen (secondary N) is 1.